The Kier molecular flexibility index (Phi) is 2.76. The van der Waals surface area contributed by atoms with Crippen LogP contribution in [-0.4, -0.2) is 17.1 Å². The van der Waals surface area contributed by atoms with Gasteiger partial charge in [-0.25, -0.2) is 4.79 Å². The van der Waals surface area contributed by atoms with Crippen molar-refractivity contribution < 1.29 is 9.53 Å². The highest BCUT2D eigenvalue weighted by atomic mass is 16.5. The molecule has 0 amide bonds. The van der Waals surface area contributed by atoms with Gasteiger partial charge >= 0.3 is 5.97 Å². The Morgan fingerprint density at radius 1 is 1.54 bits per heavy atom. The second-order valence-corrected chi connectivity index (χ2v) is 3.10. The number of nitrogens with zero attached hydrogens (tertiary/aromatic N) is 1. The summed E-state index contributed by atoms with van der Waals surface area (Å²) in [4.78, 5) is 11.5. The van der Waals surface area contributed by atoms with E-state index in [0.29, 0.717) is 12.3 Å². The lowest BCUT2D eigenvalue weighted by molar-refractivity contribution is 0.0514. The Labute approximate surface area is 78.3 Å². The first kappa shape index (κ1) is 9.84. The lowest BCUT2D eigenvalue weighted by Gasteiger charge is -2.05. The lowest BCUT2D eigenvalue weighted by atomic mass is 10.2. The van der Waals surface area contributed by atoms with Gasteiger partial charge in [0.15, 0.2) is 0 Å². The molecule has 0 saturated carbocycles. The van der Waals surface area contributed by atoms with Gasteiger partial charge in [0.25, 0.3) is 0 Å². The second-order valence-electron chi connectivity index (χ2n) is 3.10. The number of esters is 1. The van der Waals surface area contributed by atoms with Crippen molar-refractivity contribution in [2.75, 3.05) is 6.61 Å². The van der Waals surface area contributed by atoms with Gasteiger partial charge < -0.3 is 9.30 Å². The van der Waals surface area contributed by atoms with Crippen LogP contribution in [0.15, 0.2) is 6.07 Å². The fourth-order valence-corrected chi connectivity index (χ4v) is 1.42. The zero-order valence-corrected chi connectivity index (χ0v) is 8.55. The number of carbonyl (C=O) groups excluding carboxylic acids is 1. The largest absolute Gasteiger partial charge is 0.461 e. The second kappa shape index (κ2) is 3.64. The zero-order chi connectivity index (χ0) is 10.0. The standard InChI is InChI=1S/C10H15NO2/c1-5-13-10(12)9-7(2)6-8(3)11(9)4/h6H,5H2,1-4H3. The van der Waals surface area contributed by atoms with Crippen LogP contribution < -0.4 is 0 Å². The van der Waals surface area contributed by atoms with E-state index in [1.54, 1.807) is 0 Å². The van der Waals surface area contributed by atoms with Crippen molar-refractivity contribution in [3.05, 3.63) is 23.0 Å². The summed E-state index contributed by atoms with van der Waals surface area (Å²) >= 11 is 0. The Bertz CT molecular complexity index is 326. The van der Waals surface area contributed by atoms with Gasteiger partial charge in [-0.1, -0.05) is 0 Å². The van der Waals surface area contributed by atoms with E-state index in [9.17, 15) is 4.79 Å². The molecule has 1 aromatic heterocycles. The molecular weight excluding hydrogens is 166 g/mol. The van der Waals surface area contributed by atoms with Gasteiger partial charge in [-0.15, -0.1) is 0 Å². The number of carbonyl (C=O) groups is 1. The van der Waals surface area contributed by atoms with E-state index in [1.807, 2.05) is 38.5 Å². The Morgan fingerprint density at radius 2 is 2.15 bits per heavy atom. The first-order chi connectivity index (χ1) is 6.07. The monoisotopic (exact) mass is 181 g/mol. The van der Waals surface area contributed by atoms with Crippen LogP contribution in [0.3, 0.4) is 0 Å². The Hall–Kier alpha value is -1.25. The molecule has 0 aliphatic carbocycles. The number of hydrogen-bond acceptors (Lipinski definition) is 2. The number of aromatic nitrogens is 1. The number of rotatable bonds is 2. The molecule has 3 nitrogen and oxygen atoms in total. The smallest absolute Gasteiger partial charge is 0.355 e. The third-order valence-electron chi connectivity index (χ3n) is 2.13. The molecule has 0 fully saturated rings. The molecule has 0 radical (unpaired) electrons. The van der Waals surface area contributed by atoms with E-state index >= 15 is 0 Å². The summed E-state index contributed by atoms with van der Waals surface area (Å²) in [5, 5.41) is 0. The summed E-state index contributed by atoms with van der Waals surface area (Å²) in [6.45, 7) is 6.11. The molecule has 13 heavy (non-hydrogen) atoms. The first-order valence-electron chi connectivity index (χ1n) is 4.38. The molecule has 0 unspecified atom stereocenters. The molecule has 0 aliphatic heterocycles. The van der Waals surface area contributed by atoms with E-state index in [-0.39, 0.29) is 5.97 Å². The van der Waals surface area contributed by atoms with Crippen LogP contribution in [0.5, 0.6) is 0 Å². The quantitative estimate of drug-likeness (QED) is 0.652. The molecule has 3 heteroatoms. The normalized spacial score (nSPS) is 10.2. The molecule has 0 spiro atoms. The van der Waals surface area contributed by atoms with Gasteiger partial charge in [-0.05, 0) is 32.4 Å². The van der Waals surface area contributed by atoms with Gasteiger partial charge in [0, 0.05) is 12.7 Å². The van der Waals surface area contributed by atoms with Crippen LogP contribution in [0, 0.1) is 13.8 Å². The van der Waals surface area contributed by atoms with E-state index < -0.39 is 0 Å². The molecule has 1 aromatic rings. The average molecular weight is 181 g/mol. The van der Waals surface area contributed by atoms with Crippen LogP contribution in [0.2, 0.25) is 0 Å². The zero-order valence-electron chi connectivity index (χ0n) is 8.55. The topological polar surface area (TPSA) is 31.2 Å². The summed E-state index contributed by atoms with van der Waals surface area (Å²) in [5.41, 5.74) is 2.69. The van der Waals surface area contributed by atoms with Crippen molar-refractivity contribution in [2.24, 2.45) is 7.05 Å². The van der Waals surface area contributed by atoms with E-state index in [4.69, 9.17) is 4.74 Å². The maximum atomic E-state index is 11.5. The summed E-state index contributed by atoms with van der Waals surface area (Å²) in [6.07, 6.45) is 0. The highest BCUT2D eigenvalue weighted by molar-refractivity contribution is 5.89. The molecule has 72 valence electrons. The first-order valence-corrected chi connectivity index (χ1v) is 4.38. The van der Waals surface area contributed by atoms with Gasteiger partial charge in [0.2, 0.25) is 0 Å². The molecule has 0 bridgehead atoms. The van der Waals surface area contributed by atoms with Crippen LogP contribution in [0.4, 0.5) is 0 Å². The molecule has 0 N–H and O–H groups in total. The molecule has 1 heterocycles. The Balaban J connectivity index is 3.06. The fraction of sp³-hybridized carbons (Fsp3) is 0.500. The van der Waals surface area contributed by atoms with Gasteiger partial charge in [-0.2, -0.15) is 0 Å². The van der Waals surface area contributed by atoms with Crippen LogP contribution in [0.25, 0.3) is 0 Å². The number of ether oxygens (including phenoxy) is 1. The summed E-state index contributed by atoms with van der Waals surface area (Å²) in [6, 6.07) is 1.98. The predicted molar refractivity (Wildman–Crippen MR) is 50.8 cm³/mol. The fourth-order valence-electron chi connectivity index (χ4n) is 1.42. The van der Waals surface area contributed by atoms with Crippen LogP contribution in [-0.2, 0) is 11.8 Å². The van der Waals surface area contributed by atoms with E-state index in [2.05, 4.69) is 0 Å². The highest BCUT2D eigenvalue weighted by Gasteiger charge is 2.15. The maximum Gasteiger partial charge on any atom is 0.355 e. The van der Waals surface area contributed by atoms with Crippen molar-refractivity contribution in [1.29, 1.82) is 0 Å². The molecule has 0 aliphatic rings. The van der Waals surface area contributed by atoms with Crippen molar-refractivity contribution in [2.45, 2.75) is 20.8 Å². The minimum absolute atomic E-state index is 0.240. The average Bonchev–Trinajstić information content (AvgIpc) is 2.27. The summed E-state index contributed by atoms with van der Waals surface area (Å²) in [5.74, 6) is -0.240. The molecule has 1 rings (SSSR count). The van der Waals surface area contributed by atoms with Gasteiger partial charge in [0.1, 0.15) is 5.69 Å². The minimum atomic E-state index is -0.240. The highest BCUT2D eigenvalue weighted by Crippen LogP contribution is 2.13. The van der Waals surface area contributed by atoms with Gasteiger partial charge in [0.05, 0.1) is 6.61 Å². The lowest BCUT2D eigenvalue weighted by Crippen LogP contribution is -2.11. The van der Waals surface area contributed by atoms with Crippen LogP contribution >= 0.6 is 0 Å². The molecule has 0 saturated heterocycles. The van der Waals surface area contributed by atoms with Crippen molar-refractivity contribution in [3.63, 3.8) is 0 Å². The van der Waals surface area contributed by atoms with E-state index in [0.717, 1.165) is 11.3 Å². The van der Waals surface area contributed by atoms with Gasteiger partial charge in [-0.3, -0.25) is 0 Å². The van der Waals surface area contributed by atoms with Crippen molar-refractivity contribution in [1.82, 2.24) is 4.57 Å². The summed E-state index contributed by atoms with van der Waals surface area (Å²) < 4.78 is 6.80. The predicted octanol–water partition coefficient (Wildman–Crippen LogP) is 1.82. The Morgan fingerprint density at radius 3 is 2.54 bits per heavy atom. The summed E-state index contributed by atoms with van der Waals surface area (Å²) in [7, 11) is 1.87. The third kappa shape index (κ3) is 1.74. The molecule has 0 aromatic carbocycles. The van der Waals surface area contributed by atoms with Crippen molar-refractivity contribution >= 4 is 5.97 Å². The number of hydrogen-bond donors (Lipinski definition) is 0. The molecular formula is C10H15NO2. The maximum absolute atomic E-state index is 11.5. The van der Waals surface area contributed by atoms with Crippen LogP contribution in [0.1, 0.15) is 28.7 Å². The number of aryl methyl sites for hydroxylation is 2. The SMILES string of the molecule is CCOC(=O)c1c(C)cc(C)n1C. The van der Waals surface area contributed by atoms with E-state index in [1.165, 1.54) is 0 Å². The third-order valence-corrected chi connectivity index (χ3v) is 2.13. The molecule has 0 atom stereocenters. The minimum Gasteiger partial charge on any atom is -0.461 e. The van der Waals surface area contributed by atoms with Crippen molar-refractivity contribution in [3.8, 4) is 0 Å².